The maximum absolute atomic E-state index is 11.9. The molecule has 25 heavy (non-hydrogen) atoms. The Labute approximate surface area is 151 Å². The predicted molar refractivity (Wildman–Crippen MR) is 91.7 cm³/mol. The number of rotatable bonds is 6. The summed E-state index contributed by atoms with van der Waals surface area (Å²) in [6.45, 7) is 5.17. The van der Waals surface area contributed by atoms with Crippen molar-refractivity contribution in [3.8, 4) is 5.75 Å². The van der Waals surface area contributed by atoms with Crippen molar-refractivity contribution in [3.63, 3.8) is 0 Å². The van der Waals surface area contributed by atoms with E-state index in [4.69, 9.17) is 25.8 Å². The number of ether oxygens (including phenoxy) is 3. The van der Waals surface area contributed by atoms with E-state index >= 15 is 0 Å². The fourth-order valence-electron chi connectivity index (χ4n) is 1.87. The van der Waals surface area contributed by atoms with Gasteiger partial charge in [-0.3, -0.25) is 4.79 Å². The smallest absolute Gasteiger partial charge is 0.408 e. The number of hydrogen-bond donors (Lipinski definition) is 1. The molecule has 1 aromatic carbocycles. The average molecular weight is 372 g/mol. The van der Waals surface area contributed by atoms with Crippen LogP contribution in [0.4, 0.5) is 4.79 Å². The van der Waals surface area contributed by atoms with Gasteiger partial charge in [0.2, 0.25) is 0 Å². The molecule has 0 fully saturated rings. The maximum Gasteiger partial charge on any atom is 0.408 e. The van der Waals surface area contributed by atoms with E-state index in [2.05, 4.69) is 5.32 Å². The van der Waals surface area contributed by atoms with E-state index in [1.165, 1.54) is 7.11 Å². The first-order valence-corrected chi connectivity index (χ1v) is 8.11. The van der Waals surface area contributed by atoms with Crippen LogP contribution in [0.25, 0.3) is 0 Å². The van der Waals surface area contributed by atoms with Gasteiger partial charge in [-0.2, -0.15) is 0 Å². The molecule has 0 aromatic heterocycles. The zero-order chi connectivity index (χ0) is 19.0. The van der Waals surface area contributed by atoms with Crippen LogP contribution in [0.15, 0.2) is 24.3 Å². The van der Waals surface area contributed by atoms with Crippen LogP contribution in [0.3, 0.4) is 0 Å². The Bertz CT molecular complexity index is 609. The molecule has 0 unspecified atom stereocenters. The van der Waals surface area contributed by atoms with Crippen LogP contribution in [0, 0.1) is 0 Å². The molecule has 1 atom stereocenters. The molecule has 1 rings (SSSR count). The SMILES string of the molecule is COC(=O)[C@H](Cc1ccc(OC(=O)CCl)cc1)NC(=O)OC(C)(C)C. The third kappa shape index (κ3) is 7.89. The number of halogens is 1. The lowest BCUT2D eigenvalue weighted by molar-refractivity contribution is -0.143. The molecular formula is C17H22ClNO6. The maximum atomic E-state index is 11.9. The van der Waals surface area contributed by atoms with Gasteiger partial charge >= 0.3 is 18.0 Å². The standard InChI is InChI=1S/C17H22ClNO6/c1-17(2,3)25-16(22)19-13(15(21)23-4)9-11-5-7-12(8-6-11)24-14(20)10-18/h5-8,13H,9-10H2,1-4H3,(H,19,22)/t13-/m0/s1. The van der Waals surface area contributed by atoms with Crippen molar-refractivity contribution in [2.75, 3.05) is 13.0 Å². The number of methoxy groups -OCH3 is 1. The minimum absolute atomic E-state index is 0.190. The topological polar surface area (TPSA) is 90.9 Å². The molecule has 0 radical (unpaired) electrons. The summed E-state index contributed by atoms with van der Waals surface area (Å²) in [5.41, 5.74) is 0.0516. The summed E-state index contributed by atoms with van der Waals surface area (Å²) in [6.07, 6.45) is -0.522. The summed E-state index contributed by atoms with van der Waals surface area (Å²) < 4.78 is 14.8. The number of benzene rings is 1. The fraction of sp³-hybridized carbons (Fsp3) is 0.471. The quantitative estimate of drug-likeness (QED) is 0.469. The number of alkyl halides is 1. The Morgan fingerprint density at radius 2 is 1.76 bits per heavy atom. The van der Waals surface area contributed by atoms with Gasteiger partial charge in [-0.05, 0) is 38.5 Å². The predicted octanol–water partition coefficient (Wildman–Crippen LogP) is 2.44. The van der Waals surface area contributed by atoms with Crippen molar-refractivity contribution in [1.82, 2.24) is 5.32 Å². The highest BCUT2D eigenvalue weighted by atomic mass is 35.5. The second kappa shape index (κ2) is 9.27. The molecule has 0 saturated heterocycles. The Hall–Kier alpha value is -2.28. The van der Waals surface area contributed by atoms with Crippen LogP contribution in [0.2, 0.25) is 0 Å². The average Bonchev–Trinajstić information content (AvgIpc) is 2.53. The second-order valence-corrected chi connectivity index (χ2v) is 6.45. The Morgan fingerprint density at radius 1 is 1.16 bits per heavy atom. The zero-order valence-electron chi connectivity index (χ0n) is 14.6. The molecule has 8 heteroatoms. The van der Waals surface area contributed by atoms with Crippen LogP contribution in [0.1, 0.15) is 26.3 Å². The summed E-state index contributed by atoms with van der Waals surface area (Å²) in [6, 6.07) is 5.58. The number of nitrogens with one attached hydrogen (secondary N) is 1. The summed E-state index contributed by atoms with van der Waals surface area (Å²) in [5, 5.41) is 2.49. The van der Waals surface area contributed by atoms with Gasteiger partial charge in [-0.25, -0.2) is 9.59 Å². The highest BCUT2D eigenvalue weighted by molar-refractivity contribution is 6.26. The lowest BCUT2D eigenvalue weighted by atomic mass is 10.1. The minimum Gasteiger partial charge on any atom is -0.467 e. The molecule has 0 aliphatic rings. The number of carbonyl (C=O) groups excluding carboxylic acids is 3. The summed E-state index contributed by atoms with van der Waals surface area (Å²) in [4.78, 5) is 34.9. The molecule has 0 spiro atoms. The molecule has 0 aliphatic carbocycles. The van der Waals surface area contributed by atoms with Crippen LogP contribution in [-0.4, -0.2) is 42.7 Å². The van der Waals surface area contributed by atoms with E-state index in [1.54, 1.807) is 45.0 Å². The number of esters is 2. The van der Waals surface area contributed by atoms with E-state index in [0.717, 1.165) is 5.56 Å². The number of amides is 1. The van der Waals surface area contributed by atoms with Gasteiger partial charge in [0.25, 0.3) is 0 Å². The molecule has 7 nitrogen and oxygen atoms in total. The summed E-state index contributed by atoms with van der Waals surface area (Å²) in [7, 11) is 1.24. The molecule has 0 heterocycles. The Kier molecular flexibility index (Phi) is 7.70. The summed E-state index contributed by atoms with van der Waals surface area (Å²) in [5.74, 6) is -1.06. The van der Waals surface area contributed by atoms with E-state index in [9.17, 15) is 14.4 Å². The number of alkyl carbamates (subject to hydrolysis) is 1. The van der Waals surface area contributed by atoms with Crippen molar-refractivity contribution < 1.29 is 28.6 Å². The third-order valence-corrected chi connectivity index (χ3v) is 3.10. The largest absolute Gasteiger partial charge is 0.467 e. The first kappa shape index (κ1) is 20.8. The van der Waals surface area contributed by atoms with Crippen molar-refractivity contribution in [2.24, 2.45) is 0 Å². The van der Waals surface area contributed by atoms with Gasteiger partial charge in [0, 0.05) is 6.42 Å². The number of hydrogen-bond acceptors (Lipinski definition) is 6. The normalized spacial score (nSPS) is 12.0. The monoisotopic (exact) mass is 371 g/mol. The van der Waals surface area contributed by atoms with E-state index < -0.39 is 29.7 Å². The second-order valence-electron chi connectivity index (χ2n) is 6.18. The molecule has 1 N–H and O–H groups in total. The van der Waals surface area contributed by atoms with Gasteiger partial charge in [0.1, 0.15) is 23.3 Å². The third-order valence-electron chi connectivity index (χ3n) is 2.88. The molecular weight excluding hydrogens is 350 g/mol. The van der Waals surface area contributed by atoms with Crippen LogP contribution < -0.4 is 10.1 Å². The van der Waals surface area contributed by atoms with Gasteiger partial charge < -0.3 is 19.5 Å². The first-order valence-electron chi connectivity index (χ1n) is 7.57. The number of carbonyl (C=O) groups is 3. The summed E-state index contributed by atoms with van der Waals surface area (Å²) >= 11 is 5.37. The fourth-order valence-corrected chi connectivity index (χ4v) is 1.93. The van der Waals surface area contributed by atoms with Crippen LogP contribution in [0.5, 0.6) is 5.75 Å². The Morgan fingerprint density at radius 3 is 2.24 bits per heavy atom. The minimum atomic E-state index is -0.906. The first-order chi connectivity index (χ1) is 11.6. The van der Waals surface area contributed by atoms with Crippen molar-refractivity contribution >= 4 is 29.6 Å². The van der Waals surface area contributed by atoms with Gasteiger partial charge in [-0.15, -0.1) is 11.6 Å². The lowest BCUT2D eigenvalue weighted by Crippen LogP contribution is -2.45. The highest BCUT2D eigenvalue weighted by Crippen LogP contribution is 2.15. The van der Waals surface area contributed by atoms with Gasteiger partial charge in [0.15, 0.2) is 0 Å². The lowest BCUT2D eigenvalue weighted by Gasteiger charge is -2.22. The molecule has 0 aliphatic heterocycles. The van der Waals surface area contributed by atoms with E-state index in [0.29, 0.717) is 5.75 Å². The molecule has 0 bridgehead atoms. The molecule has 1 amide bonds. The van der Waals surface area contributed by atoms with Crippen molar-refractivity contribution in [3.05, 3.63) is 29.8 Å². The zero-order valence-corrected chi connectivity index (χ0v) is 15.4. The molecule has 138 valence electrons. The van der Waals surface area contributed by atoms with Crippen molar-refractivity contribution in [2.45, 2.75) is 38.8 Å². The molecule has 1 aromatic rings. The van der Waals surface area contributed by atoms with Gasteiger partial charge in [-0.1, -0.05) is 12.1 Å². The van der Waals surface area contributed by atoms with Crippen LogP contribution >= 0.6 is 11.6 Å². The van der Waals surface area contributed by atoms with Gasteiger partial charge in [0.05, 0.1) is 7.11 Å². The Balaban J connectivity index is 2.76. The van der Waals surface area contributed by atoms with E-state index in [1.807, 2.05) is 0 Å². The van der Waals surface area contributed by atoms with Crippen molar-refractivity contribution in [1.29, 1.82) is 0 Å². The van der Waals surface area contributed by atoms with E-state index in [-0.39, 0.29) is 12.3 Å². The molecule has 0 saturated carbocycles. The highest BCUT2D eigenvalue weighted by Gasteiger charge is 2.25. The van der Waals surface area contributed by atoms with Crippen LogP contribution in [-0.2, 0) is 25.5 Å².